The first-order valence-corrected chi connectivity index (χ1v) is 16.1. The molecule has 10 heteroatoms. The molecular formula is C35H52O10. The van der Waals surface area contributed by atoms with Crippen LogP contribution in [0.5, 0.6) is 11.5 Å². The van der Waals surface area contributed by atoms with E-state index in [4.69, 9.17) is 33.9 Å². The van der Waals surface area contributed by atoms with Gasteiger partial charge in [0.25, 0.3) is 0 Å². The number of rotatable bonds is 24. The molecule has 0 fully saturated rings. The van der Waals surface area contributed by atoms with E-state index in [0.717, 1.165) is 80.1 Å². The van der Waals surface area contributed by atoms with Crippen molar-refractivity contribution in [2.45, 2.75) is 110 Å². The number of unbranched alkanes of at least 4 members (excludes halogenated alkanes) is 8. The Labute approximate surface area is 267 Å². The van der Waals surface area contributed by atoms with Crippen molar-refractivity contribution in [2.75, 3.05) is 33.5 Å². The number of esters is 3. The third-order valence-corrected chi connectivity index (χ3v) is 7.84. The van der Waals surface area contributed by atoms with Gasteiger partial charge in [0.05, 0.1) is 26.9 Å². The van der Waals surface area contributed by atoms with Crippen molar-refractivity contribution < 1.29 is 48.3 Å². The quantitative estimate of drug-likeness (QED) is 0.0618. The molecule has 45 heavy (non-hydrogen) atoms. The Kier molecular flexibility index (Phi) is 18.0. The van der Waals surface area contributed by atoms with E-state index >= 15 is 0 Å². The first-order chi connectivity index (χ1) is 21.8. The molecule has 1 aliphatic heterocycles. The zero-order valence-corrected chi connectivity index (χ0v) is 27.3. The lowest BCUT2D eigenvalue weighted by molar-refractivity contribution is -0.153. The number of benzene rings is 1. The predicted octanol–water partition coefficient (Wildman–Crippen LogP) is 5.85. The molecule has 0 saturated heterocycles. The molecule has 0 radical (unpaired) electrons. The van der Waals surface area contributed by atoms with E-state index in [2.05, 4.69) is 6.58 Å². The summed E-state index contributed by atoms with van der Waals surface area (Å²) in [6.45, 7) is 7.73. The van der Waals surface area contributed by atoms with Crippen LogP contribution in [0.3, 0.4) is 0 Å². The maximum Gasteiger partial charge on any atom is 0.342 e. The van der Waals surface area contributed by atoms with Crippen molar-refractivity contribution in [2.24, 2.45) is 0 Å². The maximum atomic E-state index is 12.5. The molecule has 0 unspecified atom stereocenters. The fourth-order valence-electron chi connectivity index (χ4n) is 5.23. The van der Waals surface area contributed by atoms with Gasteiger partial charge in [0, 0.05) is 24.0 Å². The molecule has 252 valence electrons. The smallest absolute Gasteiger partial charge is 0.342 e. The van der Waals surface area contributed by atoms with Crippen LogP contribution in [-0.2, 0) is 36.8 Å². The number of aliphatic hydroxyl groups is 2. The van der Waals surface area contributed by atoms with Gasteiger partial charge in [-0.3, -0.25) is 9.59 Å². The summed E-state index contributed by atoms with van der Waals surface area (Å²) in [5, 5.41) is 17.9. The summed E-state index contributed by atoms with van der Waals surface area (Å²) >= 11 is 0. The van der Waals surface area contributed by atoms with Crippen LogP contribution in [0.4, 0.5) is 0 Å². The Bertz CT molecular complexity index is 1140. The number of fused-ring (bicyclic) bond motifs is 1. The number of aliphatic hydroxyl groups excluding tert-OH is 2. The second-order valence-corrected chi connectivity index (χ2v) is 11.4. The molecule has 0 spiro atoms. The van der Waals surface area contributed by atoms with Crippen molar-refractivity contribution >= 4 is 17.9 Å². The molecule has 0 aliphatic carbocycles. The highest BCUT2D eigenvalue weighted by molar-refractivity contribution is 5.98. The molecule has 10 nitrogen and oxygen atoms in total. The zero-order chi connectivity index (χ0) is 33.0. The molecule has 0 bridgehead atoms. The summed E-state index contributed by atoms with van der Waals surface area (Å²) in [6.07, 6.45) is 13.6. The van der Waals surface area contributed by atoms with Crippen LogP contribution < -0.4 is 9.47 Å². The lowest BCUT2D eigenvalue weighted by atomic mass is 9.94. The van der Waals surface area contributed by atoms with Crippen molar-refractivity contribution in [1.82, 2.24) is 0 Å². The van der Waals surface area contributed by atoms with Crippen LogP contribution in [0, 0.1) is 6.92 Å². The van der Waals surface area contributed by atoms with Gasteiger partial charge in [0.2, 0.25) is 0 Å². The van der Waals surface area contributed by atoms with E-state index in [1.54, 1.807) is 13.2 Å². The summed E-state index contributed by atoms with van der Waals surface area (Å²) in [5.74, 6) is 0.145. The fraction of sp³-hybridized carbons (Fsp3) is 0.629. The number of cyclic esters (lactones) is 1. The van der Waals surface area contributed by atoms with Gasteiger partial charge in [-0.25, -0.2) is 4.79 Å². The van der Waals surface area contributed by atoms with Crippen LogP contribution in [0.2, 0.25) is 0 Å². The first kappa shape index (κ1) is 37.8. The summed E-state index contributed by atoms with van der Waals surface area (Å²) in [6, 6.07) is 0. The number of carbonyl (C=O) groups excluding carboxylic acids is 3. The predicted molar refractivity (Wildman–Crippen MR) is 170 cm³/mol. The molecule has 0 atom stereocenters. The average molecular weight is 633 g/mol. The van der Waals surface area contributed by atoms with Gasteiger partial charge < -0.3 is 33.9 Å². The summed E-state index contributed by atoms with van der Waals surface area (Å²) in [5.41, 5.74) is 3.89. The van der Waals surface area contributed by atoms with Crippen molar-refractivity contribution in [1.29, 1.82) is 0 Å². The van der Waals surface area contributed by atoms with Crippen molar-refractivity contribution in [3.8, 4) is 11.5 Å². The van der Waals surface area contributed by atoms with E-state index in [-0.39, 0.29) is 38.4 Å². The normalized spacial score (nSPS) is 12.6. The Morgan fingerprint density at radius 1 is 0.933 bits per heavy atom. The van der Waals surface area contributed by atoms with Crippen LogP contribution >= 0.6 is 0 Å². The molecule has 0 amide bonds. The van der Waals surface area contributed by atoms with E-state index < -0.39 is 12.1 Å². The molecule has 0 saturated carbocycles. The van der Waals surface area contributed by atoms with Gasteiger partial charge in [-0.1, -0.05) is 69.2 Å². The van der Waals surface area contributed by atoms with E-state index in [9.17, 15) is 14.4 Å². The monoisotopic (exact) mass is 632 g/mol. The van der Waals surface area contributed by atoms with Crippen molar-refractivity contribution in [3.05, 3.63) is 46.6 Å². The topological polar surface area (TPSA) is 138 Å². The Hall–Kier alpha value is -3.37. The van der Waals surface area contributed by atoms with Gasteiger partial charge in [-0.15, -0.1) is 0 Å². The second kappa shape index (κ2) is 21.4. The zero-order valence-electron chi connectivity index (χ0n) is 27.3. The Morgan fingerprint density at radius 2 is 1.58 bits per heavy atom. The lowest BCUT2D eigenvalue weighted by Gasteiger charge is -2.19. The largest absolute Gasteiger partial charge is 0.496 e. The van der Waals surface area contributed by atoms with Crippen LogP contribution in [0.25, 0.3) is 0 Å². The molecule has 1 aliphatic rings. The highest BCUT2D eigenvalue weighted by Crippen LogP contribution is 2.43. The van der Waals surface area contributed by atoms with Gasteiger partial charge in [0.15, 0.2) is 0 Å². The van der Waals surface area contributed by atoms with E-state index in [1.165, 1.54) is 0 Å². The fourth-order valence-corrected chi connectivity index (χ4v) is 5.23. The molecule has 1 aromatic rings. The average Bonchev–Trinajstić information content (AvgIpc) is 3.43. The SMILES string of the molecule is C=CCOc1c(CC=C(C)CCC(=O)OCCCCCCCCCCCC(=O)OC(CO)CO)c(OC)c(C)c2c1C(=O)OC2. The second-order valence-electron chi connectivity index (χ2n) is 11.4. The number of ether oxygens (including phenoxy) is 5. The minimum atomic E-state index is -0.821. The summed E-state index contributed by atoms with van der Waals surface area (Å²) in [7, 11) is 1.60. The Balaban J connectivity index is 1.62. The lowest BCUT2D eigenvalue weighted by Crippen LogP contribution is -2.25. The van der Waals surface area contributed by atoms with Gasteiger partial charge >= 0.3 is 17.9 Å². The number of hydrogen-bond acceptors (Lipinski definition) is 10. The standard InChI is InChI=1S/C35H52O10/c1-5-20-43-34-28(33(41-4)26(3)29-24-44-35(40)32(29)34)18-16-25(2)17-19-30(38)42-21-14-12-10-8-6-7-9-11-13-15-31(39)45-27(22-36)23-37/h5,16,27,36-37H,1,6-15,17-24H2,2-4H3. The van der Waals surface area contributed by atoms with Crippen molar-refractivity contribution in [3.63, 3.8) is 0 Å². The van der Waals surface area contributed by atoms with E-state index in [0.29, 0.717) is 49.4 Å². The van der Waals surface area contributed by atoms with Gasteiger partial charge in [0.1, 0.15) is 36.4 Å². The molecule has 0 aromatic heterocycles. The maximum absolute atomic E-state index is 12.5. The number of carbonyl (C=O) groups is 3. The summed E-state index contributed by atoms with van der Waals surface area (Å²) < 4.78 is 27.3. The van der Waals surface area contributed by atoms with Crippen LogP contribution in [0.15, 0.2) is 24.3 Å². The minimum absolute atomic E-state index is 0.197. The van der Waals surface area contributed by atoms with Crippen LogP contribution in [0.1, 0.15) is 111 Å². The van der Waals surface area contributed by atoms with Gasteiger partial charge in [-0.05, 0) is 45.1 Å². The number of hydrogen-bond donors (Lipinski definition) is 2. The summed E-state index contributed by atoms with van der Waals surface area (Å²) in [4.78, 5) is 36.4. The first-order valence-electron chi connectivity index (χ1n) is 16.1. The van der Waals surface area contributed by atoms with Gasteiger partial charge in [-0.2, -0.15) is 0 Å². The number of methoxy groups -OCH3 is 1. The molecule has 2 rings (SSSR count). The highest BCUT2D eigenvalue weighted by Gasteiger charge is 2.33. The van der Waals surface area contributed by atoms with Crippen LogP contribution in [-0.4, -0.2) is 67.8 Å². The molecule has 2 N–H and O–H groups in total. The minimum Gasteiger partial charge on any atom is -0.496 e. The third-order valence-electron chi connectivity index (χ3n) is 7.84. The molecule has 1 heterocycles. The highest BCUT2D eigenvalue weighted by atomic mass is 16.6. The molecular weight excluding hydrogens is 580 g/mol. The van der Waals surface area contributed by atoms with E-state index in [1.807, 2.05) is 19.9 Å². The molecule has 1 aromatic carbocycles. The Morgan fingerprint density at radius 3 is 2.20 bits per heavy atom. The number of allylic oxidation sites excluding steroid dienone is 2. The third kappa shape index (κ3) is 12.9.